The van der Waals surface area contributed by atoms with Crippen molar-refractivity contribution in [1.29, 1.82) is 0 Å². The van der Waals surface area contributed by atoms with Gasteiger partial charge >= 0.3 is 8.25 Å². The summed E-state index contributed by atoms with van der Waals surface area (Å²) in [4.78, 5) is 102. The molecule has 14 N–H and O–H groups in total. The molecule has 7 amide bonds. The van der Waals surface area contributed by atoms with E-state index in [1.165, 1.54) is 19.1 Å². The van der Waals surface area contributed by atoms with Crippen LogP contribution in [0.2, 0.25) is 0 Å². The molecule has 466 valence electrons. The van der Waals surface area contributed by atoms with Gasteiger partial charge in [0.15, 0.2) is 6.23 Å². The SMILES string of the molecule is CCCCCOc1ccc(-c2ccc(-c3ccc(C(=O)NC4C[C@@H](O)[C@@H](O)NC(=O)[C@@H]5[C@@H](O)[C@@H](C)CN5C(=O)[C@H]([C@@H](C)O)NC(=O)[C@H]([C@H](O)[C@@H](O)c5ccc(O[PH](=O)OO)cc5)NC(=O)[C@@H]5C[C@@H](O)CN5C(=O)[C@H]([C@@H](C)O)NC4=O)cc3)cc2)cc1. The molecular formula is C58H74N7O20P. The molecule has 0 aliphatic carbocycles. The zero-order valence-electron chi connectivity index (χ0n) is 47.5. The number of hydrogen-bond donors (Lipinski definition) is 14. The molecule has 3 aliphatic heterocycles. The third-order valence-electron chi connectivity index (χ3n) is 15.3. The molecule has 0 radical (unpaired) electrons. The summed E-state index contributed by atoms with van der Waals surface area (Å²) < 4.78 is 26.0. The van der Waals surface area contributed by atoms with Gasteiger partial charge < -0.3 is 86.5 Å². The van der Waals surface area contributed by atoms with Crippen molar-refractivity contribution in [2.24, 2.45) is 5.92 Å². The Morgan fingerprint density at radius 3 is 1.73 bits per heavy atom. The van der Waals surface area contributed by atoms with Crippen molar-refractivity contribution in [1.82, 2.24) is 36.4 Å². The van der Waals surface area contributed by atoms with E-state index < -0.39 is 167 Å². The molecule has 86 heavy (non-hydrogen) atoms. The number of aliphatic hydroxyl groups is 8. The summed E-state index contributed by atoms with van der Waals surface area (Å²) in [6.45, 7) is 5.33. The van der Waals surface area contributed by atoms with Gasteiger partial charge in [-0.15, -0.1) is 4.67 Å². The lowest BCUT2D eigenvalue weighted by Crippen LogP contribution is -2.64. The Labute approximate surface area is 495 Å². The first-order chi connectivity index (χ1) is 40.9. The second-order valence-corrected chi connectivity index (χ2v) is 22.6. The van der Waals surface area contributed by atoms with Gasteiger partial charge in [-0.25, -0.2) is 9.82 Å². The Kier molecular flexibility index (Phi) is 22.9. The van der Waals surface area contributed by atoms with Crippen LogP contribution in [-0.2, 0) is 38.0 Å². The molecular weight excluding hydrogens is 1150 g/mol. The minimum atomic E-state index is -3.40. The zero-order valence-corrected chi connectivity index (χ0v) is 48.5. The van der Waals surface area contributed by atoms with E-state index in [0.29, 0.717) is 12.2 Å². The number of carbonyl (C=O) groups is 7. The summed E-state index contributed by atoms with van der Waals surface area (Å²) in [7, 11) is -3.40. The topological polar surface area (TPSA) is 413 Å². The lowest BCUT2D eigenvalue weighted by atomic mass is 9.96. The van der Waals surface area contributed by atoms with Gasteiger partial charge in [0.05, 0.1) is 31.0 Å². The minimum Gasteiger partial charge on any atom is -0.494 e. The Morgan fingerprint density at radius 2 is 1.17 bits per heavy atom. The second-order valence-electron chi connectivity index (χ2n) is 21.7. The van der Waals surface area contributed by atoms with E-state index in [-0.39, 0.29) is 16.9 Å². The van der Waals surface area contributed by atoms with Crippen LogP contribution in [0.1, 0.15) is 81.8 Å². The number of rotatable bonds is 17. The van der Waals surface area contributed by atoms with Crippen LogP contribution in [0.3, 0.4) is 0 Å². The summed E-state index contributed by atoms with van der Waals surface area (Å²) in [6, 6.07) is 14.2. The fourth-order valence-electron chi connectivity index (χ4n) is 10.4. The fraction of sp³-hybridized carbons (Fsp3) is 0.466. The Balaban J connectivity index is 1.18. The standard InChI is InChI=1S/C58H74N7O20P/c1-5-6-7-24-83-39-20-16-35(17-21-39)33-10-8-32(9-11-33)34-12-14-37(15-13-34)51(73)59-41-26-43(69)54(76)63-56(78)47-48(70)29(2)27-65(47)58(80)45(31(4)67)61-55(77)46(50(72)49(71)36-18-22-40(23-19-36)84-86(82)85-81)62-53(75)42-25-38(68)28-64(42)57(79)44(30(3)66)60-52(41)74/h8-23,29-31,38,41-50,54,66-72,76,81,86H,5-7,24-28H2,1-4H3,(H,59,73)(H,60,74)(H,61,77)(H,62,75)(H,63,78)/t29-,30+,31+,38+,41?,42-,43+,44-,45-,46-,47-,48-,49-,50-,54+/m0/s1. The number of unbranched alkanes of at least 4 members (excludes halogenated alkanes) is 2. The maximum atomic E-state index is 14.5. The highest BCUT2D eigenvalue weighted by molar-refractivity contribution is 7.33. The highest BCUT2D eigenvalue weighted by Crippen LogP contribution is 2.32. The molecule has 2 unspecified atom stereocenters. The summed E-state index contributed by atoms with van der Waals surface area (Å²) in [6.07, 6.45) is -14.0. The van der Waals surface area contributed by atoms with Gasteiger partial charge in [0.25, 0.3) is 5.91 Å². The molecule has 0 spiro atoms. The summed E-state index contributed by atoms with van der Waals surface area (Å²) in [5.41, 5.74) is 3.22. The molecule has 3 heterocycles. The number of nitrogens with zero attached hydrogens (tertiary/aromatic N) is 2. The molecule has 7 rings (SSSR count). The lowest BCUT2D eigenvalue weighted by molar-refractivity contribution is -0.148. The zero-order chi connectivity index (χ0) is 62.7. The smallest absolute Gasteiger partial charge is 0.394 e. The summed E-state index contributed by atoms with van der Waals surface area (Å²) in [5.74, 6) is -8.85. The third-order valence-corrected chi connectivity index (χ3v) is 15.9. The van der Waals surface area contributed by atoms with Crippen molar-refractivity contribution in [2.45, 2.75) is 145 Å². The number of amides is 7. The number of carbonyl (C=O) groups excluding carboxylic acids is 7. The van der Waals surface area contributed by atoms with Gasteiger partial charge in [0, 0.05) is 37.4 Å². The molecule has 0 bridgehead atoms. The van der Waals surface area contributed by atoms with Gasteiger partial charge in [-0.2, -0.15) is 0 Å². The number of hydrogen-bond acceptors (Lipinski definition) is 20. The second kappa shape index (κ2) is 29.8. The van der Waals surface area contributed by atoms with Crippen molar-refractivity contribution in [3.05, 3.63) is 108 Å². The summed E-state index contributed by atoms with van der Waals surface area (Å²) in [5, 5.41) is 110. The molecule has 0 saturated carbocycles. The largest absolute Gasteiger partial charge is 0.494 e. The highest BCUT2D eigenvalue weighted by Gasteiger charge is 2.50. The molecule has 3 fully saturated rings. The molecule has 16 atom stereocenters. The Hall–Kier alpha value is -7.40. The predicted molar refractivity (Wildman–Crippen MR) is 305 cm³/mol. The van der Waals surface area contributed by atoms with Crippen molar-refractivity contribution in [2.75, 3.05) is 19.7 Å². The van der Waals surface area contributed by atoms with Crippen molar-refractivity contribution in [3.63, 3.8) is 0 Å². The fourth-order valence-corrected chi connectivity index (χ4v) is 10.8. The van der Waals surface area contributed by atoms with Crippen LogP contribution in [0, 0.1) is 5.92 Å². The average molecular weight is 1220 g/mol. The van der Waals surface area contributed by atoms with E-state index >= 15 is 0 Å². The van der Waals surface area contributed by atoms with Gasteiger partial charge in [0.2, 0.25) is 35.4 Å². The van der Waals surface area contributed by atoms with Crippen LogP contribution < -0.4 is 35.8 Å². The van der Waals surface area contributed by atoms with Crippen LogP contribution >= 0.6 is 8.25 Å². The minimum absolute atomic E-state index is 0.00533. The van der Waals surface area contributed by atoms with E-state index in [2.05, 4.69) is 38.2 Å². The highest BCUT2D eigenvalue weighted by atomic mass is 31.1. The number of ether oxygens (including phenoxy) is 1. The molecule has 4 aromatic rings. The van der Waals surface area contributed by atoms with Crippen LogP contribution in [-0.4, -0.2) is 196 Å². The van der Waals surface area contributed by atoms with E-state index in [1.54, 1.807) is 12.1 Å². The monoisotopic (exact) mass is 1220 g/mol. The van der Waals surface area contributed by atoms with Crippen LogP contribution in [0.25, 0.3) is 22.3 Å². The molecule has 4 aromatic carbocycles. The summed E-state index contributed by atoms with van der Waals surface area (Å²) >= 11 is 0. The quantitative estimate of drug-likeness (QED) is 0.0277. The molecule has 27 nitrogen and oxygen atoms in total. The molecule has 0 aromatic heterocycles. The van der Waals surface area contributed by atoms with E-state index in [0.717, 1.165) is 89.6 Å². The van der Waals surface area contributed by atoms with Crippen molar-refractivity contribution >= 4 is 49.6 Å². The average Bonchev–Trinajstić information content (AvgIpc) is 2.12. The maximum absolute atomic E-state index is 14.5. The molecule has 3 saturated heterocycles. The van der Waals surface area contributed by atoms with Gasteiger partial charge in [-0.3, -0.25) is 33.6 Å². The number of aliphatic hydroxyl groups excluding tert-OH is 8. The van der Waals surface area contributed by atoms with Gasteiger partial charge in [-0.05, 0) is 84.5 Å². The van der Waals surface area contributed by atoms with Gasteiger partial charge in [0.1, 0.15) is 66.1 Å². The van der Waals surface area contributed by atoms with Crippen molar-refractivity contribution < 1.29 is 98.2 Å². The van der Waals surface area contributed by atoms with Crippen LogP contribution in [0.15, 0.2) is 97.1 Å². The first kappa shape index (κ1) is 66.1. The molecule has 28 heteroatoms. The van der Waals surface area contributed by atoms with Crippen LogP contribution in [0.5, 0.6) is 11.5 Å². The van der Waals surface area contributed by atoms with E-state index in [1.807, 2.05) is 48.5 Å². The lowest BCUT2D eigenvalue weighted by Gasteiger charge is -2.34. The van der Waals surface area contributed by atoms with Crippen LogP contribution in [0.4, 0.5) is 0 Å². The van der Waals surface area contributed by atoms with Gasteiger partial charge in [-0.1, -0.05) is 87.4 Å². The number of benzene rings is 4. The Morgan fingerprint density at radius 1 is 0.651 bits per heavy atom. The predicted octanol–water partition coefficient (Wildman–Crippen LogP) is -0.375. The van der Waals surface area contributed by atoms with Crippen molar-refractivity contribution in [3.8, 4) is 33.8 Å². The first-order valence-corrected chi connectivity index (χ1v) is 29.3. The third kappa shape index (κ3) is 16.2. The first-order valence-electron chi connectivity index (χ1n) is 28.1. The normalized spacial score (nSPS) is 27.2. The Bertz CT molecular complexity index is 3030. The van der Waals surface area contributed by atoms with E-state index in [4.69, 9.17) is 14.5 Å². The molecule has 3 aliphatic rings. The van der Waals surface area contributed by atoms with E-state index in [9.17, 15) is 79.0 Å². The number of fused-ring (bicyclic) bond motifs is 2. The maximum Gasteiger partial charge on any atom is 0.394 e. The number of nitrogens with one attached hydrogen (secondary N) is 5.